The van der Waals surface area contributed by atoms with Gasteiger partial charge in [0.05, 0.1) is 0 Å². The fourth-order valence-corrected chi connectivity index (χ4v) is 2.73. The predicted molar refractivity (Wildman–Crippen MR) is 77.9 cm³/mol. The molecule has 0 aromatic heterocycles. The van der Waals surface area contributed by atoms with Gasteiger partial charge in [0.1, 0.15) is 0 Å². The molecule has 100 valence electrons. The molecule has 0 spiro atoms. The summed E-state index contributed by atoms with van der Waals surface area (Å²) in [4.78, 5) is 2.45. The first-order valence-corrected chi connectivity index (χ1v) is 7.06. The van der Waals surface area contributed by atoms with Crippen LogP contribution >= 0.6 is 0 Å². The third-order valence-corrected chi connectivity index (χ3v) is 4.51. The molecule has 1 aliphatic rings. The largest absolute Gasteiger partial charge is 0.310 e. The maximum absolute atomic E-state index is 3.73. The summed E-state index contributed by atoms with van der Waals surface area (Å²) < 4.78 is 0. The van der Waals surface area contributed by atoms with E-state index in [9.17, 15) is 0 Å². The molecule has 1 N–H and O–H groups in total. The van der Waals surface area contributed by atoms with Gasteiger partial charge < -0.3 is 10.2 Å². The molecule has 0 saturated carbocycles. The van der Waals surface area contributed by atoms with Gasteiger partial charge in [-0.1, -0.05) is 18.2 Å². The summed E-state index contributed by atoms with van der Waals surface area (Å²) in [5, 5.41) is 3.73. The minimum Gasteiger partial charge on any atom is -0.310 e. The van der Waals surface area contributed by atoms with Gasteiger partial charge in [0, 0.05) is 18.6 Å². The highest BCUT2D eigenvalue weighted by atomic mass is 15.1. The van der Waals surface area contributed by atoms with Crippen LogP contribution in [0.25, 0.3) is 0 Å². The normalized spacial score (nSPS) is 25.3. The average Bonchev–Trinajstić information content (AvgIpc) is 2.35. The molecule has 0 radical (unpaired) electrons. The molecule has 1 fully saturated rings. The number of hydrogen-bond acceptors (Lipinski definition) is 2. The van der Waals surface area contributed by atoms with Crippen LogP contribution in [0.3, 0.4) is 0 Å². The van der Waals surface area contributed by atoms with Gasteiger partial charge in [-0.25, -0.2) is 0 Å². The Labute approximate surface area is 111 Å². The van der Waals surface area contributed by atoms with Crippen molar-refractivity contribution in [3.05, 3.63) is 34.9 Å². The number of nitrogens with one attached hydrogen (secondary N) is 1. The zero-order valence-electron chi connectivity index (χ0n) is 12.2. The quantitative estimate of drug-likeness (QED) is 0.882. The number of likely N-dealkylation sites (tertiary alicyclic amines) is 1. The Bertz CT molecular complexity index is 400. The minimum atomic E-state index is 0.677. The van der Waals surface area contributed by atoms with Crippen molar-refractivity contribution in [3.63, 3.8) is 0 Å². The lowest BCUT2D eigenvalue weighted by molar-refractivity contribution is 0.168. The first-order chi connectivity index (χ1) is 8.58. The highest BCUT2D eigenvalue weighted by molar-refractivity contribution is 5.32. The molecule has 0 aliphatic carbocycles. The molecule has 0 amide bonds. The zero-order valence-corrected chi connectivity index (χ0v) is 12.2. The van der Waals surface area contributed by atoms with Gasteiger partial charge in [-0.05, 0) is 63.9 Å². The lowest BCUT2D eigenvalue weighted by Gasteiger charge is -2.35. The Hall–Kier alpha value is -0.860. The second-order valence-electron chi connectivity index (χ2n) is 5.79. The monoisotopic (exact) mass is 246 g/mol. The van der Waals surface area contributed by atoms with Crippen LogP contribution < -0.4 is 5.32 Å². The van der Waals surface area contributed by atoms with Crippen molar-refractivity contribution in [2.24, 2.45) is 0 Å². The Morgan fingerprint density at radius 2 is 2.11 bits per heavy atom. The summed E-state index contributed by atoms with van der Waals surface area (Å²) in [6.07, 6.45) is 2.53. The molecule has 2 heteroatoms. The molecule has 1 heterocycles. The summed E-state index contributed by atoms with van der Waals surface area (Å²) in [6, 6.07) is 7.98. The zero-order chi connectivity index (χ0) is 13.1. The van der Waals surface area contributed by atoms with Gasteiger partial charge in [0.15, 0.2) is 0 Å². The van der Waals surface area contributed by atoms with Crippen molar-refractivity contribution in [1.82, 2.24) is 10.2 Å². The minimum absolute atomic E-state index is 0.677. The highest BCUT2D eigenvalue weighted by Gasteiger charge is 2.22. The first-order valence-electron chi connectivity index (χ1n) is 7.06. The maximum atomic E-state index is 3.73. The van der Waals surface area contributed by atoms with Crippen LogP contribution in [-0.2, 0) is 6.54 Å². The standard InChI is InChI=1S/C16H26N2/c1-12-6-5-7-15(14(12)3)11-17-16-8-9-18(4)13(2)10-16/h5-7,13,16-17H,8-11H2,1-4H3. The summed E-state index contributed by atoms with van der Waals surface area (Å²) >= 11 is 0. The number of aryl methyl sites for hydroxylation is 1. The van der Waals surface area contributed by atoms with E-state index in [1.807, 2.05) is 0 Å². The van der Waals surface area contributed by atoms with Crippen molar-refractivity contribution < 1.29 is 0 Å². The van der Waals surface area contributed by atoms with Gasteiger partial charge in [0.2, 0.25) is 0 Å². The molecular formula is C16H26N2. The van der Waals surface area contributed by atoms with Crippen molar-refractivity contribution in [2.75, 3.05) is 13.6 Å². The maximum Gasteiger partial charge on any atom is 0.0210 e. The van der Waals surface area contributed by atoms with E-state index in [4.69, 9.17) is 0 Å². The van der Waals surface area contributed by atoms with Crippen LogP contribution in [0.1, 0.15) is 36.5 Å². The molecule has 2 nitrogen and oxygen atoms in total. The molecule has 1 aromatic carbocycles. The average molecular weight is 246 g/mol. The topological polar surface area (TPSA) is 15.3 Å². The smallest absolute Gasteiger partial charge is 0.0210 e. The first kappa shape index (κ1) is 13.6. The van der Waals surface area contributed by atoms with Gasteiger partial charge in [0.25, 0.3) is 0 Å². The summed E-state index contributed by atoms with van der Waals surface area (Å²) in [5.41, 5.74) is 4.28. The molecule has 18 heavy (non-hydrogen) atoms. The van der Waals surface area contributed by atoms with Crippen LogP contribution in [0, 0.1) is 13.8 Å². The third kappa shape index (κ3) is 3.12. The van der Waals surface area contributed by atoms with E-state index in [0.29, 0.717) is 12.1 Å². The third-order valence-electron chi connectivity index (χ3n) is 4.51. The second kappa shape index (κ2) is 5.85. The molecule has 2 unspecified atom stereocenters. The number of nitrogens with zero attached hydrogens (tertiary/aromatic N) is 1. The summed E-state index contributed by atoms with van der Waals surface area (Å²) in [5.74, 6) is 0. The van der Waals surface area contributed by atoms with Gasteiger partial charge >= 0.3 is 0 Å². The van der Waals surface area contributed by atoms with Crippen molar-refractivity contribution in [3.8, 4) is 0 Å². The SMILES string of the molecule is Cc1cccc(CNC2CCN(C)C(C)C2)c1C. The van der Waals surface area contributed by atoms with E-state index in [1.54, 1.807) is 0 Å². The molecule has 1 aliphatic heterocycles. The molecule has 1 saturated heterocycles. The molecule has 0 bridgehead atoms. The van der Waals surface area contributed by atoms with Crippen molar-refractivity contribution in [2.45, 2.75) is 52.2 Å². The van der Waals surface area contributed by atoms with Crippen molar-refractivity contribution in [1.29, 1.82) is 0 Å². The predicted octanol–water partition coefficient (Wildman–Crippen LogP) is 2.88. The lowest BCUT2D eigenvalue weighted by atomic mass is 9.98. The van der Waals surface area contributed by atoms with Crippen LogP contribution in [-0.4, -0.2) is 30.6 Å². The molecule has 1 aromatic rings. The fraction of sp³-hybridized carbons (Fsp3) is 0.625. The van der Waals surface area contributed by atoms with E-state index in [-0.39, 0.29) is 0 Å². The van der Waals surface area contributed by atoms with Crippen molar-refractivity contribution >= 4 is 0 Å². The van der Waals surface area contributed by atoms with Crippen LogP contribution in [0.5, 0.6) is 0 Å². The number of piperidine rings is 1. The fourth-order valence-electron chi connectivity index (χ4n) is 2.73. The Morgan fingerprint density at radius 3 is 2.83 bits per heavy atom. The number of rotatable bonds is 3. The Morgan fingerprint density at radius 1 is 1.33 bits per heavy atom. The van der Waals surface area contributed by atoms with E-state index in [1.165, 1.54) is 36.1 Å². The molecule has 2 atom stereocenters. The number of benzene rings is 1. The lowest BCUT2D eigenvalue weighted by Crippen LogP contribution is -2.45. The summed E-state index contributed by atoms with van der Waals surface area (Å²) in [6.45, 7) is 8.96. The van der Waals surface area contributed by atoms with Gasteiger partial charge in [-0.3, -0.25) is 0 Å². The second-order valence-corrected chi connectivity index (χ2v) is 5.79. The molecule has 2 rings (SSSR count). The Balaban J connectivity index is 1.90. The van der Waals surface area contributed by atoms with E-state index in [2.05, 4.69) is 56.2 Å². The van der Waals surface area contributed by atoms with Gasteiger partial charge in [-0.2, -0.15) is 0 Å². The molecular weight excluding hydrogens is 220 g/mol. The van der Waals surface area contributed by atoms with Gasteiger partial charge in [-0.15, -0.1) is 0 Å². The van der Waals surface area contributed by atoms with E-state index < -0.39 is 0 Å². The van der Waals surface area contributed by atoms with Crippen LogP contribution in [0.4, 0.5) is 0 Å². The van der Waals surface area contributed by atoms with E-state index in [0.717, 1.165) is 6.54 Å². The highest BCUT2D eigenvalue weighted by Crippen LogP contribution is 2.17. The van der Waals surface area contributed by atoms with E-state index >= 15 is 0 Å². The summed E-state index contributed by atoms with van der Waals surface area (Å²) in [7, 11) is 2.23. The van der Waals surface area contributed by atoms with Crippen LogP contribution in [0.15, 0.2) is 18.2 Å². The number of hydrogen-bond donors (Lipinski definition) is 1. The van der Waals surface area contributed by atoms with Crippen LogP contribution in [0.2, 0.25) is 0 Å². The Kier molecular flexibility index (Phi) is 4.41.